The average molecular weight is 294 g/mol. The van der Waals surface area contributed by atoms with Crippen LogP contribution in [0.15, 0.2) is 21.9 Å². The predicted molar refractivity (Wildman–Crippen MR) is 75.8 cm³/mol. The number of hydrogen-bond acceptors (Lipinski definition) is 4. The fourth-order valence-electron chi connectivity index (χ4n) is 1.89. The second-order valence-corrected chi connectivity index (χ2v) is 5.65. The summed E-state index contributed by atoms with van der Waals surface area (Å²) < 4.78 is 1.39. The quantitative estimate of drug-likeness (QED) is 0.886. The Morgan fingerprint density at radius 1 is 1.40 bits per heavy atom. The molecule has 0 bridgehead atoms. The van der Waals surface area contributed by atoms with Crippen LogP contribution in [-0.4, -0.2) is 20.6 Å². The Bertz CT molecular complexity index is 769. The average Bonchev–Trinajstić information content (AvgIpc) is 2.74. The monoisotopic (exact) mass is 294 g/mol. The van der Waals surface area contributed by atoms with Gasteiger partial charge in [-0.2, -0.15) is 0 Å². The minimum atomic E-state index is -0.979. The predicted octanol–water partition coefficient (Wildman–Crippen LogP) is 1.22. The van der Waals surface area contributed by atoms with E-state index in [0.29, 0.717) is 12.0 Å². The Labute approximate surface area is 118 Å². The summed E-state index contributed by atoms with van der Waals surface area (Å²) in [5, 5.41) is 8.96. The van der Waals surface area contributed by atoms with Crippen molar-refractivity contribution in [2.75, 3.05) is 0 Å². The van der Waals surface area contributed by atoms with Crippen molar-refractivity contribution >= 4 is 17.3 Å². The van der Waals surface area contributed by atoms with Crippen molar-refractivity contribution in [1.82, 2.24) is 9.55 Å². The van der Waals surface area contributed by atoms with Crippen LogP contribution in [0.25, 0.3) is 0 Å². The standard InChI is InChI=1S/C13H14N2O4S/c1-3-8-5-15(13(19)14-11(8)16)6-9-4-10(12(17)18)20-7(9)2/h4-5H,3,6H2,1-2H3,(H,17,18)(H,14,16,19). The molecular weight excluding hydrogens is 280 g/mol. The van der Waals surface area contributed by atoms with Crippen molar-refractivity contribution < 1.29 is 9.90 Å². The van der Waals surface area contributed by atoms with Gasteiger partial charge in [-0.25, -0.2) is 9.59 Å². The number of rotatable bonds is 4. The second-order valence-electron chi connectivity index (χ2n) is 4.39. The van der Waals surface area contributed by atoms with Gasteiger partial charge in [-0.15, -0.1) is 11.3 Å². The lowest BCUT2D eigenvalue weighted by atomic mass is 10.2. The molecule has 2 aromatic rings. The Morgan fingerprint density at radius 3 is 2.65 bits per heavy atom. The van der Waals surface area contributed by atoms with E-state index in [9.17, 15) is 14.4 Å². The Balaban J connectivity index is 2.42. The van der Waals surface area contributed by atoms with E-state index in [4.69, 9.17) is 5.11 Å². The summed E-state index contributed by atoms with van der Waals surface area (Å²) in [6, 6.07) is 1.56. The molecule has 0 aromatic carbocycles. The molecule has 2 rings (SSSR count). The normalized spacial score (nSPS) is 10.7. The van der Waals surface area contributed by atoms with E-state index in [2.05, 4.69) is 4.98 Å². The van der Waals surface area contributed by atoms with Gasteiger partial charge in [0, 0.05) is 16.6 Å². The maximum absolute atomic E-state index is 11.8. The number of aromatic carboxylic acids is 1. The van der Waals surface area contributed by atoms with Gasteiger partial charge in [0.2, 0.25) is 0 Å². The molecule has 2 aromatic heterocycles. The van der Waals surface area contributed by atoms with Crippen LogP contribution in [0.1, 0.15) is 32.6 Å². The number of carboxylic acid groups (broad SMARTS) is 1. The number of aromatic nitrogens is 2. The lowest BCUT2D eigenvalue weighted by molar-refractivity contribution is 0.0702. The SMILES string of the molecule is CCc1cn(Cc2cc(C(=O)O)sc2C)c(=O)[nH]c1=O. The Morgan fingerprint density at radius 2 is 2.10 bits per heavy atom. The van der Waals surface area contributed by atoms with Crippen LogP contribution in [-0.2, 0) is 13.0 Å². The zero-order chi connectivity index (χ0) is 14.9. The van der Waals surface area contributed by atoms with Gasteiger partial charge >= 0.3 is 11.7 Å². The van der Waals surface area contributed by atoms with Crippen LogP contribution in [0.4, 0.5) is 0 Å². The van der Waals surface area contributed by atoms with E-state index >= 15 is 0 Å². The van der Waals surface area contributed by atoms with Crippen LogP contribution in [0.2, 0.25) is 0 Å². The fourth-order valence-corrected chi connectivity index (χ4v) is 2.76. The molecule has 0 fully saturated rings. The maximum atomic E-state index is 11.8. The summed E-state index contributed by atoms with van der Waals surface area (Å²) in [5.74, 6) is -0.979. The van der Waals surface area contributed by atoms with Gasteiger partial charge in [0.25, 0.3) is 5.56 Å². The Hall–Kier alpha value is -2.15. The number of H-pyrrole nitrogens is 1. The van der Waals surface area contributed by atoms with E-state index in [1.165, 1.54) is 22.1 Å². The summed E-state index contributed by atoms with van der Waals surface area (Å²) in [5.41, 5.74) is 0.427. The van der Waals surface area contributed by atoms with Crippen molar-refractivity contribution in [1.29, 1.82) is 0 Å². The van der Waals surface area contributed by atoms with Crippen molar-refractivity contribution in [3.63, 3.8) is 0 Å². The third-order valence-electron chi connectivity index (χ3n) is 3.04. The van der Waals surface area contributed by atoms with Gasteiger partial charge in [0.15, 0.2) is 0 Å². The van der Waals surface area contributed by atoms with Crippen molar-refractivity contribution in [2.45, 2.75) is 26.8 Å². The third-order valence-corrected chi connectivity index (χ3v) is 4.12. The third kappa shape index (κ3) is 2.72. The van der Waals surface area contributed by atoms with Crippen LogP contribution < -0.4 is 11.2 Å². The highest BCUT2D eigenvalue weighted by atomic mass is 32.1. The number of aromatic amines is 1. The molecule has 0 radical (unpaired) electrons. The molecule has 6 nitrogen and oxygen atoms in total. The van der Waals surface area contributed by atoms with E-state index in [-0.39, 0.29) is 17.0 Å². The molecule has 0 saturated carbocycles. The fraction of sp³-hybridized carbons (Fsp3) is 0.308. The zero-order valence-corrected chi connectivity index (χ0v) is 11.9. The Kier molecular flexibility index (Phi) is 3.89. The number of carboxylic acids is 1. The van der Waals surface area contributed by atoms with Crippen LogP contribution in [0, 0.1) is 6.92 Å². The second kappa shape index (κ2) is 5.46. The highest BCUT2D eigenvalue weighted by Gasteiger charge is 2.12. The molecule has 0 unspecified atom stereocenters. The van der Waals surface area contributed by atoms with Crippen LogP contribution in [0.3, 0.4) is 0 Å². The first-order valence-corrected chi connectivity index (χ1v) is 6.89. The van der Waals surface area contributed by atoms with Crippen LogP contribution in [0.5, 0.6) is 0 Å². The minimum absolute atomic E-state index is 0.241. The number of aryl methyl sites for hydroxylation is 2. The topological polar surface area (TPSA) is 92.2 Å². The van der Waals surface area contributed by atoms with E-state index in [1.54, 1.807) is 6.07 Å². The van der Waals surface area contributed by atoms with Gasteiger partial charge in [-0.3, -0.25) is 14.3 Å². The van der Waals surface area contributed by atoms with E-state index < -0.39 is 11.7 Å². The number of hydrogen-bond donors (Lipinski definition) is 2. The summed E-state index contributed by atoms with van der Waals surface area (Å²) in [6.45, 7) is 3.89. The summed E-state index contributed by atoms with van der Waals surface area (Å²) in [7, 11) is 0. The number of nitrogens with zero attached hydrogens (tertiary/aromatic N) is 1. The maximum Gasteiger partial charge on any atom is 0.345 e. The van der Waals surface area contributed by atoms with Gasteiger partial charge in [0.05, 0.1) is 6.54 Å². The zero-order valence-electron chi connectivity index (χ0n) is 11.1. The highest BCUT2D eigenvalue weighted by Crippen LogP contribution is 2.22. The van der Waals surface area contributed by atoms with Crippen molar-refractivity contribution in [3.8, 4) is 0 Å². The highest BCUT2D eigenvalue weighted by molar-refractivity contribution is 7.14. The number of nitrogens with one attached hydrogen (secondary N) is 1. The smallest absolute Gasteiger partial charge is 0.345 e. The van der Waals surface area contributed by atoms with Crippen LogP contribution >= 0.6 is 11.3 Å². The summed E-state index contributed by atoms with van der Waals surface area (Å²) in [4.78, 5) is 37.5. The number of carbonyl (C=O) groups is 1. The molecule has 2 heterocycles. The molecule has 0 aliphatic heterocycles. The van der Waals surface area contributed by atoms with Crippen molar-refractivity contribution in [2.24, 2.45) is 0 Å². The molecule has 2 N–H and O–H groups in total. The van der Waals surface area contributed by atoms with E-state index in [1.807, 2.05) is 13.8 Å². The van der Waals surface area contributed by atoms with Crippen molar-refractivity contribution in [3.05, 3.63) is 54.0 Å². The van der Waals surface area contributed by atoms with Gasteiger partial charge < -0.3 is 5.11 Å². The minimum Gasteiger partial charge on any atom is -0.477 e. The molecule has 0 aliphatic rings. The molecule has 7 heteroatoms. The molecule has 106 valence electrons. The molecular formula is C13H14N2O4S. The van der Waals surface area contributed by atoms with Gasteiger partial charge in [-0.05, 0) is 25.0 Å². The lowest BCUT2D eigenvalue weighted by Crippen LogP contribution is -2.31. The molecule has 0 saturated heterocycles. The van der Waals surface area contributed by atoms with Gasteiger partial charge in [-0.1, -0.05) is 6.92 Å². The largest absolute Gasteiger partial charge is 0.477 e. The first kappa shape index (κ1) is 14.3. The van der Waals surface area contributed by atoms with Gasteiger partial charge in [0.1, 0.15) is 4.88 Å². The molecule has 0 amide bonds. The molecule has 0 aliphatic carbocycles. The number of thiophene rings is 1. The first-order valence-electron chi connectivity index (χ1n) is 6.07. The molecule has 0 spiro atoms. The summed E-state index contributed by atoms with van der Waals surface area (Å²) >= 11 is 1.17. The molecule has 20 heavy (non-hydrogen) atoms. The lowest BCUT2D eigenvalue weighted by Gasteiger charge is -2.06. The summed E-state index contributed by atoms with van der Waals surface area (Å²) in [6.07, 6.45) is 2.05. The van der Waals surface area contributed by atoms with E-state index in [0.717, 1.165) is 10.4 Å². The first-order chi connectivity index (χ1) is 9.42. The molecule has 0 atom stereocenters.